The SMILES string of the molecule is [B]C([B])([B])Oc1ccc(C)c(F)c1-c1nccc(C(=O)Nc2cc(F)c3c(cnn3CCOC)c2N2CC(N)CC2CO)n1. The lowest BCUT2D eigenvalue weighted by Gasteiger charge is -2.28. The number of amides is 1. The number of ether oxygens (including phenoxy) is 2. The molecule has 6 radical (unpaired) electrons. The number of nitrogens with two attached hydrogens (primary N) is 1. The lowest BCUT2D eigenvalue weighted by Crippen LogP contribution is -2.37. The maximum atomic E-state index is 15.6. The molecule has 3 heterocycles. The Bertz CT molecular complexity index is 1700. The number of methoxy groups -OCH3 is 1. The van der Waals surface area contributed by atoms with Crippen molar-refractivity contribution in [3.8, 4) is 17.1 Å². The molecule has 0 aliphatic carbocycles. The van der Waals surface area contributed by atoms with Gasteiger partial charge in [-0.25, -0.2) is 18.7 Å². The first kappa shape index (κ1) is 31.4. The standard InChI is InChI=1S/C28H28B3F2N7O4/c1-14-3-4-21(44-28(29,30)31)22(23(14)33)26-35-6-5-19(37-26)27(42)38-20-10-18(32)24-17(11-36-40(24)7-8-43-2)25(20)39-12-15(34)9-16(39)13-41/h3-6,10-11,15-16,41H,7-9,12-13,34H2,1-2H3,(H,38,42). The lowest BCUT2D eigenvalue weighted by molar-refractivity contribution is 0.102. The van der Waals surface area contributed by atoms with Crippen LogP contribution < -0.4 is 20.7 Å². The molecule has 1 fully saturated rings. The average molecular weight is 597 g/mol. The molecule has 4 aromatic rings. The molecule has 5 rings (SSSR count). The minimum Gasteiger partial charge on any atom is -0.515 e. The number of benzene rings is 2. The highest BCUT2D eigenvalue weighted by molar-refractivity contribution is 6.58. The van der Waals surface area contributed by atoms with E-state index in [4.69, 9.17) is 38.7 Å². The Kier molecular flexibility index (Phi) is 8.96. The zero-order valence-electron chi connectivity index (χ0n) is 24.1. The molecular formula is C28H28B3F2N7O4. The number of aliphatic hydroxyl groups excluding tert-OH is 1. The summed E-state index contributed by atoms with van der Waals surface area (Å²) in [6.07, 6.45) is 3.24. The lowest BCUT2D eigenvalue weighted by atomic mass is 9.52. The van der Waals surface area contributed by atoms with Gasteiger partial charge in [0.15, 0.2) is 11.6 Å². The molecule has 1 aliphatic heterocycles. The third-order valence-corrected chi connectivity index (χ3v) is 7.24. The van der Waals surface area contributed by atoms with Crippen molar-refractivity contribution < 1.29 is 28.2 Å². The molecular weight excluding hydrogens is 569 g/mol. The van der Waals surface area contributed by atoms with Crippen molar-refractivity contribution in [3.05, 3.63) is 59.6 Å². The number of aliphatic hydroxyl groups is 1. The number of carbonyl (C=O) groups is 1. The van der Waals surface area contributed by atoms with E-state index in [1.165, 1.54) is 55.4 Å². The molecule has 222 valence electrons. The number of halogens is 2. The van der Waals surface area contributed by atoms with E-state index in [0.717, 1.165) is 0 Å². The van der Waals surface area contributed by atoms with Crippen LogP contribution in [-0.4, -0.2) is 98.6 Å². The second-order valence-electron chi connectivity index (χ2n) is 10.6. The predicted octanol–water partition coefficient (Wildman–Crippen LogP) is 1.37. The molecule has 0 bridgehead atoms. The van der Waals surface area contributed by atoms with Gasteiger partial charge in [0.2, 0.25) is 0 Å². The summed E-state index contributed by atoms with van der Waals surface area (Å²) in [7, 11) is 18.2. The first-order valence-corrected chi connectivity index (χ1v) is 13.7. The van der Waals surface area contributed by atoms with Crippen LogP contribution in [0, 0.1) is 18.6 Å². The summed E-state index contributed by atoms with van der Waals surface area (Å²) in [4.78, 5) is 23.8. The first-order chi connectivity index (χ1) is 20.9. The van der Waals surface area contributed by atoms with Crippen LogP contribution in [0.25, 0.3) is 22.3 Å². The van der Waals surface area contributed by atoms with Crippen LogP contribution in [0.15, 0.2) is 36.7 Å². The Balaban J connectivity index is 1.57. The Labute approximate surface area is 256 Å². The summed E-state index contributed by atoms with van der Waals surface area (Å²) >= 11 is 0. The molecule has 11 nitrogen and oxygen atoms in total. The normalized spacial score (nSPS) is 16.9. The maximum absolute atomic E-state index is 15.6. The zero-order valence-corrected chi connectivity index (χ0v) is 24.1. The van der Waals surface area contributed by atoms with Crippen molar-refractivity contribution >= 4 is 51.7 Å². The van der Waals surface area contributed by atoms with Gasteiger partial charge in [0.25, 0.3) is 5.91 Å². The van der Waals surface area contributed by atoms with Crippen molar-refractivity contribution in [1.29, 1.82) is 0 Å². The van der Waals surface area contributed by atoms with Crippen molar-refractivity contribution in [2.75, 3.05) is 37.1 Å². The first-order valence-electron chi connectivity index (χ1n) is 13.7. The smallest absolute Gasteiger partial charge is 0.274 e. The Morgan fingerprint density at radius 2 is 2.05 bits per heavy atom. The third kappa shape index (κ3) is 6.28. The molecule has 1 saturated heterocycles. The minimum atomic E-state index is -2.13. The number of nitrogens with one attached hydrogen (secondary N) is 1. The molecule has 0 saturated carbocycles. The van der Waals surface area contributed by atoms with Gasteiger partial charge in [-0.2, -0.15) is 5.10 Å². The highest BCUT2D eigenvalue weighted by Gasteiger charge is 2.34. The molecule has 2 unspecified atom stereocenters. The second kappa shape index (κ2) is 12.5. The summed E-state index contributed by atoms with van der Waals surface area (Å²) in [5.74, 6) is -2.46. The van der Waals surface area contributed by atoms with Crippen LogP contribution in [0.2, 0.25) is 0 Å². The summed E-state index contributed by atoms with van der Waals surface area (Å²) in [6, 6.07) is 4.68. The number of carbonyl (C=O) groups excluding carboxylic acids is 1. The van der Waals surface area contributed by atoms with Gasteiger partial charge in [0, 0.05) is 37.3 Å². The summed E-state index contributed by atoms with van der Waals surface area (Å²) in [6.45, 7) is 2.24. The number of aromatic nitrogens is 4. The summed E-state index contributed by atoms with van der Waals surface area (Å²) in [5.41, 5.74) is 6.83. The third-order valence-electron chi connectivity index (χ3n) is 7.24. The molecule has 2 aromatic carbocycles. The van der Waals surface area contributed by atoms with Gasteiger partial charge in [-0.3, -0.25) is 9.48 Å². The number of rotatable bonds is 10. The topological polar surface area (TPSA) is 141 Å². The van der Waals surface area contributed by atoms with Crippen molar-refractivity contribution in [1.82, 2.24) is 19.7 Å². The van der Waals surface area contributed by atoms with Crippen LogP contribution in [-0.2, 0) is 11.3 Å². The van der Waals surface area contributed by atoms with Crippen molar-refractivity contribution in [2.24, 2.45) is 5.73 Å². The number of aryl methyl sites for hydroxylation is 1. The fourth-order valence-electron chi connectivity index (χ4n) is 5.31. The maximum Gasteiger partial charge on any atom is 0.274 e. The molecule has 1 aliphatic rings. The van der Waals surface area contributed by atoms with E-state index in [9.17, 15) is 9.90 Å². The summed E-state index contributed by atoms with van der Waals surface area (Å²) < 4.78 is 42.9. The highest BCUT2D eigenvalue weighted by atomic mass is 19.1. The predicted molar refractivity (Wildman–Crippen MR) is 163 cm³/mol. The molecule has 2 aromatic heterocycles. The zero-order chi connectivity index (χ0) is 31.8. The quantitative estimate of drug-likeness (QED) is 0.232. The number of fused-ring (bicyclic) bond motifs is 1. The van der Waals surface area contributed by atoms with Gasteiger partial charge in [-0.15, -0.1) is 0 Å². The van der Waals surface area contributed by atoms with Crippen LogP contribution in [0.3, 0.4) is 0 Å². The van der Waals surface area contributed by atoms with Crippen molar-refractivity contribution in [2.45, 2.75) is 37.3 Å². The minimum absolute atomic E-state index is 0.101. The molecule has 0 spiro atoms. The second-order valence-corrected chi connectivity index (χ2v) is 10.6. The van der Waals surface area contributed by atoms with Crippen LogP contribution in [0.4, 0.5) is 20.2 Å². The van der Waals surface area contributed by atoms with Gasteiger partial charge in [-0.05, 0) is 36.3 Å². The van der Waals surface area contributed by atoms with Gasteiger partial charge < -0.3 is 30.5 Å². The fourth-order valence-corrected chi connectivity index (χ4v) is 5.31. The van der Waals surface area contributed by atoms with E-state index in [0.29, 0.717) is 30.6 Å². The number of nitrogens with zero attached hydrogens (tertiary/aromatic N) is 5. The van der Waals surface area contributed by atoms with Crippen LogP contribution >= 0.6 is 0 Å². The van der Waals surface area contributed by atoms with Gasteiger partial charge in [0.05, 0.1) is 48.9 Å². The molecule has 4 N–H and O–H groups in total. The largest absolute Gasteiger partial charge is 0.515 e. The molecule has 44 heavy (non-hydrogen) atoms. The molecule has 2 atom stereocenters. The van der Waals surface area contributed by atoms with E-state index in [1.807, 2.05) is 4.90 Å². The number of hydrogen-bond acceptors (Lipinski definition) is 9. The highest BCUT2D eigenvalue weighted by Crippen LogP contribution is 2.40. The molecule has 16 heteroatoms. The average Bonchev–Trinajstić information content (AvgIpc) is 3.57. The Morgan fingerprint density at radius 1 is 1.27 bits per heavy atom. The van der Waals surface area contributed by atoms with Gasteiger partial charge in [0.1, 0.15) is 46.3 Å². The number of hydrogen-bond donors (Lipinski definition) is 3. The van der Waals surface area contributed by atoms with Crippen molar-refractivity contribution in [3.63, 3.8) is 0 Å². The van der Waals surface area contributed by atoms with Gasteiger partial charge >= 0.3 is 0 Å². The Hall–Kier alpha value is -4.01. The molecule has 1 amide bonds. The van der Waals surface area contributed by atoms with E-state index in [-0.39, 0.29) is 64.8 Å². The Morgan fingerprint density at radius 3 is 2.75 bits per heavy atom. The van der Waals surface area contributed by atoms with E-state index < -0.39 is 22.8 Å². The van der Waals surface area contributed by atoms with E-state index in [2.05, 4.69) is 20.4 Å². The summed E-state index contributed by atoms with van der Waals surface area (Å²) in [5, 5.41) is 15.4. The van der Waals surface area contributed by atoms with E-state index >= 15 is 8.78 Å². The van der Waals surface area contributed by atoms with E-state index in [1.54, 1.807) is 0 Å². The van der Waals surface area contributed by atoms with Gasteiger partial charge in [-0.1, -0.05) is 6.07 Å². The fraction of sp³-hybridized carbons (Fsp3) is 0.357. The van der Waals surface area contributed by atoms with Crippen LogP contribution in [0.5, 0.6) is 5.75 Å². The van der Waals surface area contributed by atoms with Crippen LogP contribution in [0.1, 0.15) is 22.5 Å². The monoisotopic (exact) mass is 597 g/mol. The number of anilines is 2.